The Morgan fingerprint density at radius 1 is 1.13 bits per heavy atom. The third kappa shape index (κ3) is 11.0. The van der Waals surface area contributed by atoms with E-state index < -0.39 is 43.0 Å². The molecule has 0 saturated heterocycles. The lowest BCUT2D eigenvalue weighted by Gasteiger charge is -2.31. The number of rotatable bonds is 13. The zero-order valence-corrected chi connectivity index (χ0v) is 20.4. The number of nitrogens with one attached hydrogen (secondary N) is 1. The van der Waals surface area contributed by atoms with Gasteiger partial charge in [0, 0.05) is 20.5 Å². The summed E-state index contributed by atoms with van der Waals surface area (Å²) in [5.41, 5.74) is 4.70. The summed E-state index contributed by atoms with van der Waals surface area (Å²) in [7, 11) is -0.887. The SMILES string of the molecule is CCOP(=O)(OCC)C(O)[C@H](CCC(=O)N(C)C)NC(=O)C(CC(C)(C)C)OC(N)=O. The molecule has 0 radical (unpaired) electrons. The molecule has 0 bridgehead atoms. The molecule has 0 rings (SSSR count). The molecule has 0 spiro atoms. The van der Waals surface area contributed by atoms with E-state index in [1.54, 1.807) is 27.9 Å². The number of aliphatic hydroxyl groups is 1. The van der Waals surface area contributed by atoms with Crippen molar-refractivity contribution in [2.75, 3.05) is 27.3 Å². The van der Waals surface area contributed by atoms with Gasteiger partial charge in [-0.25, -0.2) is 4.79 Å². The molecular weight excluding hydrogens is 429 g/mol. The molecule has 0 aliphatic heterocycles. The van der Waals surface area contributed by atoms with Gasteiger partial charge in [0.1, 0.15) is 0 Å². The summed E-state index contributed by atoms with van der Waals surface area (Å²) in [6.07, 6.45) is -2.31. The van der Waals surface area contributed by atoms with Gasteiger partial charge >= 0.3 is 13.7 Å². The van der Waals surface area contributed by atoms with Gasteiger partial charge in [-0.3, -0.25) is 14.2 Å². The zero-order valence-electron chi connectivity index (χ0n) is 19.5. The maximum atomic E-state index is 13.0. The van der Waals surface area contributed by atoms with Gasteiger partial charge in [0.15, 0.2) is 11.9 Å². The highest BCUT2D eigenvalue weighted by atomic mass is 31.2. The van der Waals surface area contributed by atoms with Crippen LogP contribution in [-0.4, -0.2) is 73.2 Å². The van der Waals surface area contributed by atoms with Crippen molar-refractivity contribution in [1.82, 2.24) is 10.2 Å². The van der Waals surface area contributed by atoms with E-state index in [1.165, 1.54) is 4.90 Å². The largest absolute Gasteiger partial charge is 0.436 e. The van der Waals surface area contributed by atoms with Crippen molar-refractivity contribution in [3.05, 3.63) is 0 Å². The van der Waals surface area contributed by atoms with Gasteiger partial charge < -0.3 is 34.8 Å². The fourth-order valence-electron chi connectivity index (χ4n) is 2.73. The molecule has 2 unspecified atom stereocenters. The molecule has 0 aromatic rings. The Hall–Kier alpha value is -1.68. The van der Waals surface area contributed by atoms with E-state index in [0.29, 0.717) is 0 Å². The van der Waals surface area contributed by atoms with Crippen LogP contribution in [-0.2, 0) is 27.9 Å². The molecule has 0 aromatic heterocycles. The summed E-state index contributed by atoms with van der Waals surface area (Å²) in [6.45, 7) is 8.71. The minimum absolute atomic E-state index is 0.00304. The van der Waals surface area contributed by atoms with E-state index in [4.69, 9.17) is 19.5 Å². The van der Waals surface area contributed by atoms with Crippen LogP contribution in [0.25, 0.3) is 0 Å². The van der Waals surface area contributed by atoms with Crippen molar-refractivity contribution in [2.24, 2.45) is 11.1 Å². The topological polar surface area (TPSA) is 157 Å². The van der Waals surface area contributed by atoms with Gasteiger partial charge in [-0.15, -0.1) is 0 Å². The van der Waals surface area contributed by atoms with Gasteiger partial charge in [0.2, 0.25) is 5.91 Å². The monoisotopic (exact) mass is 467 g/mol. The number of nitrogens with two attached hydrogens (primary N) is 1. The first kappa shape index (κ1) is 29.3. The number of aliphatic hydroxyl groups excluding tert-OH is 1. The van der Waals surface area contributed by atoms with E-state index in [0.717, 1.165) is 0 Å². The predicted octanol–water partition coefficient (Wildman–Crippen LogP) is 1.82. The molecule has 3 atom stereocenters. The third-order valence-electron chi connectivity index (χ3n) is 4.15. The summed E-state index contributed by atoms with van der Waals surface area (Å²) < 4.78 is 28.4. The Balaban J connectivity index is 5.78. The van der Waals surface area contributed by atoms with Gasteiger partial charge in [0.25, 0.3) is 5.91 Å². The van der Waals surface area contributed by atoms with Gasteiger partial charge in [-0.05, 0) is 32.1 Å². The van der Waals surface area contributed by atoms with Crippen LogP contribution in [0.1, 0.15) is 53.9 Å². The van der Waals surface area contributed by atoms with Crippen molar-refractivity contribution in [3.63, 3.8) is 0 Å². The predicted molar refractivity (Wildman–Crippen MR) is 115 cm³/mol. The van der Waals surface area contributed by atoms with Gasteiger partial charge in [0.05, 0.1) is 19.3 Å². The van der Waals surface area contributed by atoms with E-state index in [9.17, 15) is 24.1 Å². The summed E-state index contributed by atoms with van der Waals surface area (Å²) in [6, 6.07) is -1.17. The fraction of sp³-hybridized carbons (Fsp3) is 0.842. The van der Waals surface area contributed by atoms with Crippen LogP contribution in [0.5, 0.6) is 0 Å². The summed E-state index contributed by atoms with van der Waals surface area (Å²) >= 11 is 0. The highest BCUT2D eigenvalue weighted by molar-refractivity contribution is 7.54. The Morgan fingerprint density at radius 3 is 2.03 bits per heavy atom. The van der Waals surface area contributed by atoms with E-state index in [1.807, 2.05) is 20.8 Å². The number of primary amides is 1. The number of amides is 3. The average molecular weight is 468 g/mol. The summed E-state index contributed by atoms with van der Waals surface area (Å²) in [4.78, 5) is 37.5. The van der Waals surface area contributed by atoms with Crippen LogP contribution >= 0.6 is 7.60 Å². The lowest BCUT2D eigenvalue weighted by atomic mass is 9.89. The van der Waals surface area contributed by atoms with Crippen LogP contribution in [0.2, 0.25) is 0 Å². The molecule has 0 fully saturated rings. The first-order valence-electron chi connectivity index (χ1n) is 10.2. The maximum absolute atomic E-state index is 13.0. The van der Waals surface area contributed by atoms with Crippen LogP contribution < -0.4 is 11.1 Å². The second-order valence-corrected chi connectivity index (χ2v) is 10.5. The minimum Gasteiger partial charge on any atom is -0.436 e. The second-order valence-electron chi connectivity index (χ2n) is 8.42. The molecule has 0 aliphatic rings. The second kappa shape index (κ2) is 13.0. The molecule has 182 valence electrons. The Kier molecular flexibility index (Phi) is 12.3. The number of carbonyl (C=O) groups excluding carboxylic acids is 3. The molecule has 0 aromatic carbocycles. The minimum atomic E-state index is -4.02. The van der Waals surface area contributed by atoms with Crippen molar-refractivity contribution >= 4 is 25.5 Å². The van der Waals surface area contributed by atoms with Crippen LogP contribution in [0.15, 0.2) is 0 Å². The highest BCUT2D eigenvalue weighted by Gasteiger charge is 2.42. The van der Waals surface area contributed by atoms with Crippen molar-refractivity contribution in [1.29, 1.82) is 0 Å². The Morgan fingerprint density at radius 2 is 1.65 bits per heavy atom. The Bertz CT molecular complexity index is 641. The number of ether oxygens (including phenoxy) is 1. The maximum Gasteiger partial charge on any atom is 0.405 e. The fourth-order valence-corrected chi connectivity index (χ4v) is 4.49. The third-order valence-corrected chi connectivity index (χ3v) is 6.39. The van der Waals surface area contributed by atoms with Crippen LogP contribution in [0.3, 0.4) is 0 Å². The number of hydrogen-bond donors (Lipinski definition) is 3. The van der Waals surface area contributed by atoms with Crippen molar-refractivity contribution < 1.29 is 37.8 Å². The van der Waals surface area contributed by atoms with Gasteiger partial charge in [-0.1, -0.05) is 20.8 Å². The number of carbonyl (C=O) groups is 3. The quantitative estimate of drug-likeness (QED) is 0.346. The van der Waals surface area contributed by atoms with E-state index in [-0.39, 0.29) is 38.4 Å². The lowest BCUT2D eigenvalue weighted by molar-refractivity contribution is -0.133. The summed E-state index contributed by atoms with van der Waals surface area (Å²) in [5.74, 6) is -2.74. The normalized spacial score (nSPS) is 15.0. The first-order chi connectivity index (χ1) is 14.2. The molecular formula is C19H38N3O8P. The van der Waals surface area contributed by atoms with Gasteiger partial charge in [-0.2, -0.15) is 0 Å². The molecule has 0 aliphatic carbocycles. The van der Waals surface area contributed by atoms with Crippen LogP contribution in [0.4, 0.5) is 4.79 Å². The summed E-state index contributed by atoms with van der Waals surface area (Å²) in [5, 5.41) is 13.3. The molecule has 0 heterocycles. The van der Waals surface area contributed by atoms with Crippen molar-refractivity contribution in [2.45, 2.75) is 71.9 Å². The first-order valence-corrected chi connectivity index (χ1v) is 11.8. The van der Waals surface area contributed by atoms with E-state index in [2.05, 4.69) is 5.32 Å². The number of hydrogen-bond acceptors (Lipinski definition) is 8. The highest BCUT2D eigenvalue weighted by Crippen LogP contribution is 2.53. The zero-order chi connectivity index (χ0) is 24.4. The van der Waals surface area contributed by atoms with E-state index >= 15 is 0 Å². The molecule has 12 heteroatoms. The Labute approximate surface area is 184 Å². The van der Waals surface area contributed by atoms with Crippen LogP contribution in [0, 0.1) is 5.41 Å². The molecule has 3 amide bonds. The molecule has 0 saturated carbocycles. The molecule has 4 N–H and O–H groups in total. The number of nitrogens with zero attached hydrogens (tertiary/aromatic N) is 1. The smallest absolute Gasteiger partial charge is 0.405 e. The van der Waals surface area contributed by atoms with Crippen molar-refractivity contribution in [3.8, 4) is 0 Å². The standard InChI is InChI=1S/C19H38N3O8P/c1-8-28-31(27,29-9-2)17(25)13(10-11-15(23)22(6)7)21-16(24)14(30-18(20)26)12-19(3,4)5/h13-14,17,25H,8-12H2,1-7H3,(H2,20,26)(H,21,24)/t13-,14?,17?/m0/s1. The molecule has 11 nitrogen and oxygen atoms in total. The lowest BCUT2D eigenvalue weighted by Crippen LogP contribution is -2.50. The average Bonchev–Trinajstić information content (AvgIpc) is 2.62. The molecule has 31 heavy (non-hydrogen) atoms.